The van der Waals surface area contributed by atoms with Gasteiger partial charge in [-0.1, -0.05) is 16.9 Å². The van der Waals surface area contributed by atoms with Crippen LogP contribution in [0.15, 0.2) is 41.3 Å². The lowest BCUT2D eigenvalue weighted by molar-refractivity contribution is -0.387. The largest absolute Gasteiger partial charge is 0.492 e. The van der Waals surface area contributed by atoms with Crippen LogP contribution in [-0.2, 0) is 10.1 Å². The molecular formula is C10H8N2O7S. The summed E-state index contributed by atoms with van der Waals surface area (Å²) in [4.78, 5) is 9.20. The highest BCUT2D eigenvalue weighted by Crippen LogP contribution is 2.26. The van der Waals surface area contributed by atoms with Crippen molar-refractivity contribution < 1.29 is 27.8 Å². The third-order valence-electron chi connectivity index (χ3n) is 2.30. The maximum atomic E-state index is 12.0. The Morgan fingerprint density at radius 3 is 2.20 bits per heavy atom. The number of nitro benzene ring substituents is 1. The fourth-order valence-corrected chi connectivity index (χ4v) is 2.51. The van der Waals surface area contributed by atoms with Crippen molar-refractivity contribution in [2.75, 3.05) is 0 Å². The number of hydrogen-bond acceptors (Lipinski definition) is 7. The maximum Gasteiger partial charge on any atom is 0.364 e. The van der Waals surface area contributed by atoms with Gasteiger partial charge in [-0.15, -0.1) is 0 Å². The molecule has 1 heterocycles. The Labute approximate surface area is 112 Å². The van der Waals surface area contributed by atoms with Crippen LogP contribution in [0.5, 0.6) is 11.8 Å². The summed E-state index contributed by atoms with van der Waals surface area (Å²) < 4.78 is 28.6. The van der Waals surface area contributed by atoms with Gasteiger partial charge in [0, 0.05) is 18.2 Å². The lowest BCUT2D eigenvalue weighted by atomic mass is 10.3. The monoisotopic (exact) mass is 300 g/mol. The summed E-state index contributed by atoms with van der Waals surface area (Å²) >= 11 is 0. The van der Waals surface area contributed by atoms with E-state index in [1.807, 2.05) is 0 Å². The number of nitro groups is 1. The van der Waals surface area contributed by atoms with Gasteiger partial charge in [0.25, 0.3) is 5.69 Å². The maximum absolute atomic E-state index is 12.0. The smallest absolute Gasteiger partial charge is 0.364 e. The summed E-state index contributed by atoms with van der Waals surface area (Å²) in [6.07, 6.45) is 0. The van der Waals surface area contributed by atoms with Crippen molar-refractivity contribution in [3.05, 3.63) is 46.5 Å². The van der Waals surface area contributed by atoms with Crippen molar-refractivity contribution in [1.29, 1.82) is 0 Å². The highest BCUT2D eigenvalue weighted by Gasteiger charge is 2.28. The minimum Gasteiger partial charge on any atom is -0.492 e. The van der Waals surface area contributed by atoms with Gasteiger partial charge in [0.2, 0.25) is 11.8 Å². The molecular weight excluding hydrogens is 292 g/mol. The fraction of sp³-hybridized carbons (Fsp3) is 0. The average Bonchev–Trinajstić information content (AvgIpc) is 2.70. The van der Waals surface area contributed by atoms with E-state index in [-0.39, 0.29) is 4.73 Å². The van der Waals surface area contributed by atoms with Crippen LogP contribution in [0, 0.1) is 10.1 Å². The molecule has 10 heteroatoms. The quantitative estimate of drug-likeness (QED) is 0.625. The predicted octanol–water partition coefficient (Wildman–Crippen LogP) is 0.625. The van der Waals surface area contributed by atoms with E-state index in [4.69, 9.17) is 0 Å². The molecule has 2 aromatic rings. The Hall–Kier alpha value is -2.75. The zero-order valence-corrected chi connectivity index (χ0v) is 10.5. The minimum atomic E-state index is -4.60. The topological polar surface area (TPSA) is 132 Å². The standard InChI is InChI=1S/C10H8N2O7S/c13-9-5-6-10(14)11(9)19-20(17,18)8-4-2-1-3-7(8)12(15)16/h1-6,13-14H. The summed E-state index contributed by atoms with van der Waals surface area (Å²) in [6, 6.07) is 6.52. The Kier molecular flexibility index (Phi) is 3.24. The Morgan fingerprint density at radius 2 is 1.65 bits per heavy atom. The number of benzene rings is 1. The zero-order valence-electron chi connectivity index (χ0n) is 9.70. The second-order valence-electron chi connectivity index (χ2n) is 3.60. The molecule has 0 saturated heterocycles. The molecule has 1 aromatic carbocycles. The first-order chi connectivity index (χ1) is 9.33. The molecule has 0 fully saturated rings. The number of aromatic hydroxyl groups is 2. The molecule has 2 rings (SSSR count). The highest BCUT2D eigenvalue weighted by atomic mass is 32.2. The van der Waals surface area contributed by atoms with Crippen LogP contribution >= 0.6 is 0 Å². The summed E-state index contributed by atoms with van der Waals surface area (Å²) in [7, 11) is -4.60. The average molecular weight is 300 g/mol. The molecule has 2 N–H and O–H groups in total. The molecule has 0 aliphatic heterocycles. The molecule has 0 aliphatic carbocycles. The molecule has 0 bridgehead atoms. The summed E-state index contributed by atoms with van der Waals surface area (Å²) in [6.45, 7) is 0. The SMILES string of the molecule is O=[N+]([O-])c1ccccc1S(=O)(=O)On1c(O)ccc1O. The van der Waals surface area contributed by atoms with Gasteiger partial charge in [0.1, 0.15) is 0 Å². The lowest BCUT2D eigenvalue weighted by Crippen LogP contribution is -2.20. The van der Waals surface area contributed by atoms with Crippen LogP contribution in [0.4, 0.5) is 5.69 Å². The van der Waals surface area contributed by atoms with E-state index in [2.05, 4.69) is 4.28 Å². The van der Waals surface area contributed by atoms with Crippen molar-refractivity contribution in [3.8, 4) is 11.8 Å². The highest BCUT2D eigenvalue weighted by molar-refractivity contribution is 7.87. The van der Waals surface area contributed by atoms with Gasteiger partial charge in [-0.3, -0.25) is 14.4 Å². The zero-order chi connectivity index (χ0) is 14.9. The minimum absolute atomic E-state index is 0.228. The van der Waals surface area contributed by atoms with E-state index in [9.17, 15) is 28.7 Å². The van der Waals surface area contributed by atoms with Gasteiger partial charge in [0.05, 0.1) is 4.92 Å². The molecule has 0 radical (unpaired) electrons. The molecule has 0 aliphatic rings. The van der Waals surface area contributed by atoms with Crippen LogP contribution in [0.1, 0.15) is 0 Å². The Balaban J connectivity index is 2.49. The lowest BCUT2D eigenvalue weighted by Gasteiger charge is -2.08. The van der Waals surface area contributed by atoms with E-state index in [1.54, 1.807) is 0 Å². The first-order valence-corrected chi connectivity index (χ1v) is 6.52. The summed E-state index contributed by atoms with van der Waals surface area (Å²) in [5.74, 6) is -1.35. The third-order valence-corrected chi connectivity index (χ3v) is 3.53. The molecule has 0 unspecified atom stereocenters. The molecule has 0 amide bonds. The molecule has 1 aromatic heterocycles. The van der Waals surface area contributed by atoms with Gasteiger partial charge in [-0.2, -0.15) is 8.42 Å². The van der Waals surface area contributed by atoms with Gasteiger partial charge in [0.15, 0.2) is 4.90 Å². The number of rotatable bonds is 4. The summed E-state index contributed by atoms with van der Waals surface area (Å²) in [5.41, 5.74) is -0.682. The fourth-order valence-electron chi connectivity index (χ4n) is 1.44. The van der Waals surface area contributed by atoms with E-state index in [0.717, 1.165) is 24.3 Å². The molecule has 0 spiro atoms. The van der Waals surface area contributed by atoms with E-state index in [0.29, 0.717) is 0 Å². The molecule has 0 atom stereocenters. The van der Waals surface area contributed by atoms with Crippen molar-refractivity contribution in [2.45, 2.75) is 4.90 Å². The first-order valence-electron chi connectivity index (χ1n) is 5.11. The molecule has 0 saturated carbocycles. The Bertz CT molecular complexity index is 746. The van der Waals surface area contributed by atoms with Gasteiger partial charge in [-0.25, -0.2) is 0 Å². The van der Waals surface area contributed by atoms with Gasteiger partial charge in [-0.05, 0) is 6.07 Å². The number of hydrogen-bond donors (Lipinski definition) is 2. The third kappa shape index (κ3) is 2.36. The normalized spacial score (nSPS) is 11.2. The number of para-hydroxylation sites is 1. The van der Waals surface area contributed by atoms with Crippen molar-refractivity contribution in [1.82, 2.24) is 4.73 Å². The van der Waals surface area contributed by atoms with Crippen molar-refractivity contribution >= 4 is 15.8 Å². The van der Waals surface area contributed by atoms with Crippen molar-refractivity contribution in [3.63, 3.8) is 0 Å². The molecule has 106 valence electrons. The van der Waals surface area contributed by atoms with E-state index < -0.39 is 37.4 Å². The van der Waals surface area contributed by atoms with Crippen LogP contribution in [-0.4, -0.2) is 28.3 Å². The van der Waals surface area contributed by atoms with E-state index in [1.165, 1.54) is 12.1 Å². The van der Waals surface area contributed by atoms with Gasteiger partial charge >= 0.3 is 10.1 Å². The molecule has 20 heavy (non-hydrogen) atoms. The van der Waals surface area contributed by atoms with Crippen molar-refractivity contribution in [2.24, 2.45) is 0 Å². The van der Waals surface area contributed by atoms with E-state index >= 15 is 0 Å². The first kappa shape index (κ1) is 13.7. The molecule has 9 nitrogen and oxygen atoms in total. The number of aromatic nitrogens is 1. The predicted molar refractivity (Wildman–Crippen MR) is 64.6 cm³/mol. The summed E-state index contributed by atoms with van der Waals surface area (Å²) in [5, 5.41) is 29.4. The number of nitrogens with zero attached hydrogens (tertiary/aromatic N) is 2. The van der Waals surface area contributed by atoms with Crippen LogP contribution in [0.2, 0.25) is 0 Å². The van der Waals surface area contributed by atoms with Crippen LogP contribution in [0.25, 0.3) is 0 Å². The second kappa shape index (κ2) is 4.74. The second-order valence-corrected chi connectivity index (χ2v) is 5.09. The van der Waals surface area contributed by atoms with Crippen LogP contribution in [0.3, 0.4) is 0 Å². The Morgan fingerprint density at radius 1 is 1.10 bits per heavy atom. The van der Waals surface area contributed by atoms with Gasteiger partial charge < -0.3 is 10.2 Å². The van der Waals surface area contributed by atoms with Crippen LogP contribution < -0.4 is 4.28 Å².